The molecule has 0 radical (unpaired) electrons. The Balaban J connectivity index is 2.46. The van der Waals surface area contributed by atoms with Gasteiger partial charge in [-0.1, -0.05) is 0 Å². The molecular formula is C12H11F3N4O3. The lowest BCUT2D eigenvalue weighted by Gasteiger charge is -2.17. The van der Waals surface area contributed by atoms with Gasteiger partial charge in [-0.3, -0.25) is 14.8 Å². The van der Waals surface area contributed by atoms with Crippen molar-refractivity contribution in [3.8, 4) is 5.88 Å². The zero-order valence-corrected chi connectivity index (χ0v) is 11.5. The van der Waals surface area contributed by atoms with Crippen molar-refractivity contribution in [3.05, 3.63) is 45.9 Å². The summed E-state index contributed by atoms with van der Waals surface area (Å²) in [5, 5.41) is 14.4. The Labute approximate surface area is 122 Å². The van der Waals surface area contributed by atoms with Crippen LogP contribution in [0, 0.1) is 10.1 Å². The number of rotatable bonds is 4. The first-order chi connectivity index (χ1) is 10.2. The topological polar surface area (TPSA) is 83.1 Å². The van der Waals surface area contributed by atoms with Crippen LogP contribution < -0.4 is 4.74 Å². The molecule has 0 spiro atoms. The SMILES string of the molecule is COc1ncc(C(F)(F)F)cc1C(C)n1cc([N+](=O)[O-])cn1. The predicted octanol–water partition coefficient (Wildman–Crippen LogP) is 2.82. The quantitative estimate of drug-likeness (QED) is 0.640. The number of hydrogen-bond acceptors (Lipinski definition) is 5. The van der Waals surface area contributed by atoms with Crippen LogP contribution in [0.5, 0.6) is 5.88 Å². The Kier molecular flexibility index (Phi) is 4.02. The number of alkyl halides is 3. The van der Waals surface area contributed by atoms with E-state index in [4.69, 9.17) is 4.74 Å². The smallest absolute Gasteiger partial charge is 0.417 e. The molecule has 2 aromatic heterocycles. The second kappa shape index (κ2) is 5.62. The maximum absolute atomic E-state index is 12.8. The molecule has 2 aromatic rings. The van der Waals surface area contributed by atoms with Crippen LogP contribution in [0.15, 0.2) is 24.7 Å². The molecular weight excluding hydrogens is 305 g/mol. The molecule has 0 fully saturated rings. The first kappa shape index (κ1) is 15.7. The number of ether oxygens (including phenoxy) is 1. The molecule has 10 heteroatoms. The lowest BCUT2D eigenvalue weighted by atomic mass is 10.1. The van der Waals surface area contributed by atoms with Gasteiger partial charge in [0.1, 0.15) is 12.4 Å². The third-order valence-electron chi connectivity index (χ3n) is 3.05. The van der Waals surface area contributed by atoms with E-state index in [1.165, 1.54) is 18.7 Å². The van der Waals surface area contributed by atoms with E-state index in [1.54, 1.807) is 0 Å². The number of hydrogen-bond donors (Lipinski definition) is 0. The van der Waals surface area contributed by atoms with Crippen molar-refractivity contribution in [1.82, 2.24) is 14.8 Å². The van der Waals surface area contributed by atoms with E-state index in [-0.39, 0.29) is 17.1 Å². The zero-order valence-electron chi connectivity index (χ0n) is 11.5. The summed E-state index contributed by atoms with van der Waals surface area (Å²) in [5.74, 6) is -0.00125. The van der Waals surface area contributed by atoms with E-state index >= 15 is 0 Å². The standard InChI is InChI=1S/C12H11F3N4O3/c1-7(18-6-9(5-17-18)19(20)21)10-3-8(12(13,14)15)4-16-11(10)22-2/h3-7H,1-2H3. The van der Waals surface area contributed by atoms with Crippen molar-refractivity contribution in [2.75, 3.05) is 7.11 Å². The summed E-state index contributed by atoms with van der Waals surface area (Å²) in [4.78, 5) is 13.6. The monoisotopic (exact) mass is 316 g/mol. The van der Waals surface area contributed by atoms with Crippen LogP contribution in [-0.2, 0) is 6.18 Å². The van der Waals surface area contributed by atoms with E-state index in [1.807, 2.05) is 0 Å². The summed E-state index contributed by atoms with van der Waals surface area (Å²) in [5.41, 5.74) is -1.07. The third-order valence-corrected chi connectivity index (χ3v) is 3.05. The third kappa shape index (κ3) is 3.00. The summed E-state index contributed by atoms with van der Waals surface area (Å²) in [6.07, 6.45) is -1.74. The van der Waals surface area contributed by atoms with Gasteiger partial charge in [-0.25, -0.2) is 4.98 Å². The zero-order chi connectivity index (χ0) is 16.5. The summed E-state index contributed by atoms with van der Waals surface area (Å²) in [6.45, 7) is 1.54. The Bertz CT molecular complexity index is 699. The molecule has 7 nitrogen and oxygen atoms in total. The maximum Gasteiger partial charge on any atom is 0.417 e. The minimum absolute atomic E-state index is 0.00125. The Hall–Kier alpha value is -2.65. The van der Waals surface area contributed by atoms with Crippen LogP contribution in [0.2, 0.25) is 0 Å². The molecule has 0 N–H and O–H groups in total. The predicted molar refractivity (Wildman–Crippen MR) is 68.5 cm³/mol. The molecule has 0 amide bonds. The van der Waals surface area contributed by atoms with Crippen LogP contribution in [-0.4, -0.2) is 26.8 Å². The molecule has 0 saturated heterocycles. The molecule has 0 aromatic carbocycles. The van der Waals surface area contributed by atoms with Crippen LogP contribution in [0.3, 0.4) is 0 Å². The van der Waals surface area contributed by atoms with Gasteiger partial charge in [0.2, 0.25) is 5.88 Å². The van der Waals surface area contributed by atoms with Crippen LogP contribution in [0.25, 0.3) is 0 Å². The first-order valence-electron chi connectivity index (χ1n) is 6.03. The van der Waals surface area contributed by atoms with E-state index in [0.717, 1.165) is 18.5 Å². The van der Waals surface area contributed by atoms with Gasteiger partial charge in [-0.2, -0.15) is 18.3 Å². The fourth-order valence-corrected chi connectivity index (χ4v) is 1.87. The Morgan fingerprint density at radius 3 is 2.59 bits per heavy atom. The van der Waals surface area contributed by atoms with Gasteiger partial charge in [0.05, 0.1) is 23.6 Å². The highest BCUT2D eigenvalue weighted by molar-refractivity contribution is 5.35. The normalized spacial score (nSPS) is 13.0. The van der Waals surface area contributed by atoms with Gasteiger partial charge in [0, 0.05) is 11.8 Å². The average molecular weight is 316 g/mol. The molecule has 0 aliphatic carbocycles. The molecule has 118 valence electrons. The van der Waals surface area contributed by atoms with Gasteiger partial charge in [0.25, 0.3) is 0 Å². The van der Waals surface area contributed by atoms with E-state index in [2.05, 4.69) is 10.1 Å². The summed E-state index contributed by atoms with van der Waals surface area (Å²) in [7, 11) is 1.28. The van der Waals surface area contributed by atoms with Crippen LogP contribution in [0.1, 0.15) is 24.1 Å². The number of nitro groups is 1. The highest BCUT2D eigenvalue weighted by Gasteiger charge is 2.33. The lowest BCUT2D eigenvalue weighted by Crippen LogP contribution is -2.13. The molecule has 22 heavy (non-hydrogen) atoms. The second-order valence-corrected chi connectivity index (χ2v) is 4.43. The summed E-state index contributed by atoms with van der Waals surface area (Å²) >= 11 is 0. The number of methoxy groups -OCH3 is 1. The number of halogens is 3. The molecule has 0 saturated carbocycles. The average Bonchev–Trinajstić information content (AvgIpc) is 2.94. The van der Waals surface area contributed by atoms with Crippen molar-refractivity contribution in [2.24, 2.45) is 0 Å². The van der Waals surface area contributed by atoms with Crippen molar-refractivity contribution >= 4 is 5.69 Å². The van der Waals surface area contributed by atoms with Crippen LogP contribution in [0.4, 0.5) is 18.9 Å². The minimum Gasteiger partial charge on any atom is -0.481 e. The van der Waals surface area contributed by atoms with Crippen molar-refractivity contribution in [1.29, 1.82) is 0 Å². The number of pyridine rings is 1. The van der Waals surface area contributed by atoms with E-state index < -0.39 is 22.7 Å². The van der Waals surface area contributed by atoms with Gasteiger partial charge in [-0.15, -0.1) is 0 Å². The van der Waals surface area contributed by atoms with Crippen molar-refractivity contribution in [3.63, 3.8) is 0 Å². The van der Waals surface area contributed by atoms with Crippen molar-refractivity contribution in [2.45, 2.75) is 19.1 Å². The number of aromatic nitrogens is 3. The molecule has 0 bridgehead atoms. The Morgan fingerprint density at radius 1 is 1.41 bits per heavy atom. The molecule has 0 aliphatic heterocycles. The Morgan fingerprint density at radius 2 is 2.09 bits per heavy atom. The fraction of sp³-hybridized carbons (Fsp3) is 0.333. The first-order valence-corrected chi connectivity index (χ1v) is 6.03. The van der Waals surface area contributed by atoms with Crippen LogP contribution >= 0.6 is 0 Å². The van der Waals surface area contributed by atoms with Gasteiger partial charge in [0.15, 0.2) is 0 Å². The van der Waals surface area contributed by atoms with Crippen molar-refractivity contribution < 1.29 is 22.8 Å². The molecule has 0 aliphatic rings. The van der Waals surface area contributed by atoms with Gasteiger partial charge < -0.3 is 4.74 Å². The summed E-state index contributed by atoms with van der Waals surface area (Å²) in [6, 6.07) is 0.169. The molecule has 2 heterocycles. The molecule has 2 rings (SSSR count). The summed E-state index contributed by atoms with van der Waals surface area (Å²) < 4.78 is 44.5. The number of nitrogens with zero attached hydrogens (tertiary/aromatic N) is 4. The second-order valence-electron chi connectivity index (χ2n) is 4.43. The highest BCUT2D eigenvalue weighted by Crippen LogP contribution is 2.34. The van der Waals surface area contributed by atoms with E-state index in [0.29, 0.717) is 6.20 Å². The highest BCUT2D eigenvalue weighted by atomic mass is 19.4. The van der Waals surface area contributed by atoms with Gasteiger partial charge >= 0.3 is 11.9 Å². The molecule has 1 atom stereocenters. The fourth-order valence-electron chi connectivity index (χ4n) is 1.87. The lowest BCUT2D eigenvalue weighted by molar-refractivity contribution is -0.385. The van der Waals surface area contributed by atoms with E-state index in [9.17, 15) is 23.3 Å². The maximum atomic E-state index is 12.8. The molecule has 1 unspecified atom stereocenters. The largest absolute Gasteiger partial charge is 0.481 e. The minimum atomic E-state index is -4.55. The van der Waals surface area contributed by atoms with Gasteiger partial charge in [-0.05, 0) is 13.0 Å².